The molecule has 0 radical (unpaired) electrons. The second-order valence-corrected chi connectivity index (χ2v) is 14.1. The number of nitrogens with zero attached hydrogens (tertiary/aromatic N) is 2. The number of likely N-dealkylation sites (tertiary alicyclic amines) is 1. The van der Waals surface area contributed by atoms with Gasteiger partial charge in [0.05, 0.1) is 17.7 Å². The number of alkyl halides is 3. The fourth-order valence-electron chi connectivity index (χ4n) is 6.88. The number of carbonyl (C=O) groups excluding carboxylic acids is 2. The zero-order valence-electron chi connectivity index (χ0n) is 27.8. The van der Waals surface area contributed by atoms with E-state index in [9.17, 15) is 22.8 Å². The summed E-state index contributed by atoms with van der Waals surface area (Å²) in [5, 5.41) is 3.38. The summed E-state index contributed by atoms with van der Waals surface area (Å²) >= 11 is 3.16. The number of nitrogens with two attached hydrogens (primary N) is 1. The van der Waals surface area contributed by atoms with Crippen molar-refractivity contribution in [1.82, 2.24) is 15.1 Å². The summed E-state index contributed by atoms with van der Waals surface area (Å²) in [5.41, 5.74) is 7.50. The van der Waals surface area contributed by atoms with E-state index in [1.807, 2.05) is 47.5 Å². The number of amides is 1. The lowest BCUT2D eigenvalue weighted by Gasteiger charge is -2.39. The van der Waals surface area contributed by atoms with Crippen molar-refractivity contribution in [3.05, 3.63) is 94.1 Å². The minimum atomic E-state index is -4.64. The smallest absolute Gasteiger partial charge is 0.397 e. The van der Waals surface area contributed by atoms with Crippen LogP contribution in [0.15, 0.2) is 77.4 Å². The van der Waals surface area contributed by atoms with Crippen molar-refractivity contribution in [3.63, 3.8) is 0 Å². The molecule has 2 aromatic rings. The minimum absolute atomic E-state index is 0.0220. The van der Waals surface area contributed by atoms with Crippen molar-refractivity contribution in [2.45, 2.75) is 76.1 Å². The quantitative estimate of drug-likeness (QED) is 0.125. The summed E-state index contributed by atoms with van der Waals surface area (Å²) in [4.78, 5) is 30.4. The van der Waals surface area contributed by atoms with Crippen LogP contribution in [0, 0.1) is 5.92 Å². The second-order valence-electron chi connectivity index (χ2n) is 13.3. The predicted octanol–water partition coefficient (Wildman–Crippen LogP) is 7.52. The van der Waals surface area contributed by atoms with Gasteiger partial charge in [-0.2, -0.15) is 13.2 Å². The molecule has 11 heteroatoms. The van der Waals surface area contributed by atoms with Gasteiger partial charge < -0.3 is 20.7 Å². The highest BCUT2D eigenvalue weighted by Crippen LogP contribution is 2.38. The number of halogens is 4. The fourth-order valence-corrected chi connectivity index (χ4v) is 7.39. The number of piperidine rings is 2. The van der Waals surface area contributed by atoms with Crippen molar-refractivity contribution in [2.75, 3.05) is 38.6 Å². The monoisotopic (exact) mass is 742 g/mol. The van der Waals surface area contributed by atoms with Crippen molar-refractivity contribution in [3.8, 4) is 0 Å². The Morgan fingerprint density at radius 2 is 1.84 bits per heavy atom. The minimum Gasteiger partial charge on any atom is -0.397 e. The van der Waals surface area contributed by atoms with E-state index in [0.29, 0.717) is 24.6 Å². The first kappa shape index (κ1) is 37.0. The van der Waals surface area contributed by atoms with Gasteiger partial charge in [-0.05, 0) is 108 Å². The molecule has 1 amide bonds. The fraction of sp³-hybridized carbons (Fsp3) is 0.474. The van der Waals surface area contributed by atoms with Gasteiger partial charge in [-0.15, -0.1) is 0 Å². The average Bonchev–Trinajstić information content (AvgIpc) is 3.08. The Kier molecular flexibility index (Phi) is 12.9. The molecule has 0 spiro atoms. The number of benzene rings is 2. The molecule has 2 fully saturated rings. The van der Waals surface area contributed by atoms with E-state index in [2.05, 4.69) is 32.7 Å². The average molecular weight is 744 g/mol. The van der Waals surface area contributed by atoms with Crippen molar-refractivity contribution in [2.24, 2.45) is 5.92 Å². The van der Waals surface area contributed by atoms with Crippen molar-refractivity contribution < 1.29 is 27.5 Å². The number of nitrogens with one attached hydrogen (secondary N) is 1. The molecule has 1 atom stereocenters. The molecule has 3 aliphatic rings. The summed E-state index contributed by atoms with van der Waals surface area (Å²) in [6, 6.07) is 12.5. The van der Waals surface area contributed by atoms with Gasteiger partial charge >= 0.3 is 6.18 Å². The highest BCUT2D eigenvalue weighted by atomic mass is 79.9. The third kappa shape index (κ3) is 10.2. The van der Waals surface area contributed by atoms with Crippen LogP contribution in [-0.2, 0) is 26.9 Å². The Balaban J connectivity index is 1.21. The van der Waals surface area contributed by atoms with E-state index in [0.717, 1.165) is 68.0 Å². The number of ketones is 1. The van der Waals surface area contributed by atoms with Gasteiger partial charge in [0.2, 0.25) is 5.91 Å². The predicted molar refractivity (Wildman–Crippen MR) is 190 cm³/mol. The van der Waals surface area contributed by atoms with Gasteiger partial charge in [0.1, 0.15) is 12.8 Å². The third-order valence-corrected chi connectivity index (χ3v) is 10.4. The van der Waals surface area contributed by atoms with E-state index < -0.39 is 23.5 Å². The van der Waals surface area contributed by atoms with Crippen molar-refractivity contribution in [1.29, 1.82) is 0 Å². The Hall–Kier alpha value is -3.25. The number of unbranched alkanes of at least 4 members (excludes halogenated alkanes) is 1. The molecule has 0 unspecified atom stereocenters. The maximum Gasteiger partial charge on any atom is 0.418 e. The second kappa shape index (κ2) is 17.1. The number of hydrogen-bond acceptors (Lipinski definition) is 6. The number of allylic oxidation sites excluding steroid dienone is 2. The largest absolute Gasteiger partial charge is 0.418 e. The molecule has 5 rings (SSSR count). The zero-order chi connectivity index (χ0) is 35.0. The number of hydrogen-bond donors (Lipinski definition) is 2. The molecule has 7 nitrogen and oxygen atoms in total. The SMILES string of the molecule is C=C1CC(=O)N(C2CCN(CO[C@H](Cc3cc(Br)c(N)c(C(F)(F)F)c3)C(=O)/C=C/CCCC3CCNCC3)CC2)C=C1c1ccccc1. The molecule has 0 saturated carbocycles. The molecule has 3 aliphatic heterocycles. The third-order valence-electron chi connectivity index (χ3n) is 9.75. The van der Waals surface area contributed by atoms with E-state index >= 15 is 0 Å². The molecule has 3 heterocycles. The van der Waals surface area contributed by atoms with Gasteiger partial charge in [-0.25, -0.2) is 0 Å². The van der Waals surface area contributed by atoms with Crippen molar-refractivity contribution >= 4 is 38.9 Å². The maximum atomic E-state index is 13.7. The molecule has 49 heavy (non-hydrogen) atoms. The summed E-state index contributed by atoms with van der Waals surface area (Å²) < 4.78 is 47.5. The first-order chi connectivity index (χ1) is 23.5. The van der Waals surface area contributed by atoms with Crippen LogP contribution in [-0.4, -0.2) is 66.5 Å². The van der Waals surface area contributed by atoms with Crippen LogP contribution < -0.4 is 11.1 Å². The van der Waals surface area contributed by atoms with E-state index in [1.54, 1.807) is 0 Å². The number of carbonyl (C=O) groups is 2. The normalized spacial score (nSPS) is 19.4. The molecule has 0 bridgehead atoms. The number of nitrogen functional groups attached to an aromatic ring is 1. The zero-order valence-corrected chi connectivity index (χ0v) is 29.4. The van der Waals surface area contributed by atoms with Gasteiger partial charge in [-0.1, -0.05) is 49.4 Å². The van der Waals surface area contributed by atoms with Gasteiger partial charge in [0.25, 0.3) is 0 Å². The van der Waals surface area contributed by atoms with E-state index in [1.165, 1.54) is 25.0 Å². The molecular weight excluding hydrogens is 697 g/mol. The standard InChI is InChI=1S/C38H46BrF3N4O3/c1-26-20-36(48)46(24-31(26)29-9-5-3-6-10-29)30-14-18-45(19-15-30)25-49-35(23-28-21-32(38(40,41)42)37(43)33(39)22-28)34(47)11-7-2-4-8-27-12-16-44-17-13-27/h3,5-7,9-11,21-22,24,27,30,35,44H,1-2,4,8,12-20,23,25,43H2/b11-7+/t35-/m1/s1. The van der Waals surface area contributed by atoms with Crippen LogP contribution in [0.2, 0.25) is 0 Å². The summed E-state index contributed by atoms with van der Waals surface area (Å²) in [5.74, 6) is 0.447. The first-order valence-electron chi connectivity index (χ1n) is 17.2. The van der Waals surface area contributed by atoms with Crippen LogP contribution in [0.3, 0.4) is 0 Å². The van der Waals surface area contributed by atoms with Crippen LogP contribution in [0.1, 0.15) is 68.1 Å². The number of ether oxygens (including phenoxy) is 1. The van der Waals surface area contributed by atoms with E-state index in [4.69, 9.17) is 10.5 Å². The van der Waals surface area contributed by atoms with Gasteiger partial charge in [-0.3, -0.25) is 14.5 Å². The Labute approximate surface area is 295 Å². The number of anilines is 1. The molecule has 0 aliphatic carbocycles. The van der Waals surface area contributed by atoms with Crippen LogP contribution >= 0.6 is 15.9 Å². The number of rotatable bonds is 13. The van der Waals surface area contributed by atoms with E-state index in [-0.39, 0.29) is 41.8 Å². The van der Waals surface area contributed by atoms with Crippen LogP contribution in [0.5, 0.6) is 0 Å². The Morgan fingerprint density at radius 1 is 1.12 bits per heavy atom. The Bertz CT molecular complexity index is 1530. The molecule has 264 valence electrons. The summed E-state index contributed by atoms with van der Waals surface area (Å²) in [6.45, 7) is 7.65. The van der Waals surface area contributed by atoms with Gasteiger partial charge in [0, 0.05) is 41.8 Å². The molecule has 2 saturated heterocycles. The van der Waals surface area contributed by atoms with Crippen LogP contribution in [0.4, 0.5) is 18.9 Å². The first-order valence-corrected chi connectivity index (χ1v) is 18.0. The summed E-state index contributed by atoms with van der Waals surface area (Å²) in [7, 11) is 0. The summed E-state index contributed by atoms with van der Waals surface area (Å²) in [6.07, 6.45) is 6.54. The van der Waals surface area contributed by atoms with Crippen LogP contribution in [0.25, 0.3) is 5.57 Å². The topological polar surface area (TPSA) is 87.9 Å². The highest BCUT2D eigenvalue weighted by molar-refractivity contribution is 9.10. The molecular formula is C38H46BrF3N4O3. The lowest BCUT2D eigenvalue weighted by atomic mass is 9.92. The lowest BCUT2D eigenvalue weighted by Crippen LogP contribution is -2.47. The highest BCUT2D eigenvalue weighted by Gasteiger charge is 2.35. The molecule has 3 N–H and O–H groups in total. The molecule has 0 aromatic heterocycles. The maximum absolute atomic E-state index is 13.7. The van der Waals surface area contributed by atoms with Gasteiger partial charge in [0.15, 0.2) is 5.78 Å². The lowest BCUT2D eigenvalue weighted by molar-refractivity contribution is -0.137. The molecule has 2 aromatic carbocycles. The Morgan fingerprint density at radius 3 is 2.53 bits per heavy atom.